The lowest BCUT2D eigenvalue weighted by atomic mass is 10.0. The van der Waals surface area contributed by atoms with Crippen LogP contribution in [0.1, 0.15) is 17.3 Å². The van der Waals surface area contributed by atoms with Gasteiger partial charge in [-0.25, -0.2) is 0 Å². The Kier molecular flexibility index (Phi) is 3.17. The number of nitrogens with zero attached hydrogens (tertiary/aromatic N) is 1. The number of nitrogens with one attached hydrogen (secondary N) is 1. The van der Waals surface area contributed by atoms with Crippen LogP contribution in [0.2, 0.25) is 0 Å². The van der Waals surface area contributed by atoms with Crippen LogP contribution in [0, 0.1) is 0 Å². The molecule has 0 saturated carbocycles. The summed E-state index contributed by atoms with van der Waals surface area (Å²) in [5.74, 6) is 0. The Labute approximate surface area is 95.3 Å². The third-order valence-corrected chi connectivity index (χ3v) is 2.52. The molecule has 0 spiro atoms. The van der Waals surface area contributed by atoms with Gasteiger partial charge in [0.1, 0.15) is 0 Å². The highest BCUT2D eigenvalue weighted by atomic mass is 14.9. The van der Waals surface area contributed by atoms with Gasteiger partial charge in [-0.15, -0.1) is 0 Å². The molecule has 82 valence electrons. The summed E-state index contributed by atoms with van der Waals surface area (Å²) < 4.78 is 0. The van der Waals surface area contributed by atoms with E-state index in [-0.39, 0.29) is 6.04 Å². The molecule has 0 radical (unpaired) electrons. The molecule has 2 aromatic rings. The number of anilines is 1. The van der Waals surface area contributed by atoms with Crippen LogP contribution in [0.5, 0.6) is 0 Å². The molecule has 3 nitrogen and oxygen atoms in total. The van der Waals surface area contributed by atoms with Crippen LogP contribution in [-0.4, -0.2) is 12.0 Å². The van der Waals surface area contributed by atoms with Crippen molar-refractivity contribution in [2.45, 2.75) is 6.04 Å². The minimum absolute atomic E-state index is 0.0877. The van der Waals surface area contributed by atoms with Crippen LogP contribution in [0.25, 0.3) is 0 Å². The van der Waals surface area contributed by atoms with Crippen LogP contribution in [0.4, 0.5) is 5.69 Å². The predicted octanol–water partition coefficient (Wildman–Crippen LogP) is 1.97. The number of hydrogen-bond acceptors (Lipinski definition) is 3. The Morgan fingerprint density at radius 2 is 2.06 bits per heavy atom. The van der Waals surface area contributed by atoms with E-state index in [0.29, 0.717) is 0 Å². The molecular weight excluding hydrogens is 198 g/mol. The molecule has 0 amide bonds. The monoisotopic (exact) mass is 213 g/mol. The SMILES string of the molecule is CNC(c1cccc(N)c1)c1ccccn1. The van der Waals surface area contributed by atoms with Crippen LogP contribution in [0.15, 0.2) is 48.7 Å². The lowest BCUT2D eigenvalue weighted by Gasteiger charge is -2.16. The van der Waals surface area contributed by atoms with Gasteiger partial charge in [0.25, 0.3) is 0 Å². The zero-order valence-electron chi connectivity index (χ0n) is 9.22. The van der Waals surface area contributed by atoms with Crippen molar-refractivity contribution in [3.05, 3.63) is 59.9 Å². The summed E-state index contributed by atoms with van der Waals surface area (Å²) in [6, 6.07) is 13.8. The van der Waals surface area contributed by atoms with Gasteiger partial charge < -0.3 is 11.1 Å². The summed E-state index contributed by atoms with van der Waals surface area (Å²) in [5, 5.41) is 3.24. The molecule has 0 saturated heterocycles. The van der Waals surface area contributed by atoms with Crippen molar-refractivity contribution >= 4 is 5.69 Å². The first-order chi connectivity index (χ1) is 7.81. The fourth-order valence-electron chi connectivity index (χ4n) is 1.77. The van der Waals surface area contributed by atoms with Gasteiger partial charge in [0.05, 0.1) is 11.7 Å². The van der Waals surface area contributed by atoms with E-state index in [0.717, 1.165) is 16.9 Å². The number of rotatable bonds is 3. The fourth-order valence-corrected chi connectivity index (χ4v) is 1.77. The van der Waals surface area contributed by atoms with Gasteiger partial charge in [0, 0.05) is 11.9 Å². The Balaban J connectivity index is 2.37. The normalized spacial score (nSPS) is 12.3. The topological polar surface area (TPSA) is 50.9 Å². The molecule has 1 aromatic heterocycles. The zero-order chi connectivity index (χ0) is 11.4. The first-order valence-corrected chi connectivity index (χ1v) is 5.25. The summed E-state index contributed by atoms with van der Waals surface area (Å²) in [6.07, 6.45) is 1.80. The average molecular weight is 213 g/mol. The standard InChI is InChI=1S/C13H15N3/c1-15-13(12-7-2-3-8-16-12)10-5-4-6-11(14)9-10/h2-9,13,15H,14H2,1H3. The van der Waals surface area contributed by atoms with Crippen LogP contribution in [-0.2, 0) is 0 Å². The van der Waals surface area contributed by atoms with Gasteiger partial charge in [0.15, 0.2) is 0 Å². The van der Waals surface area contributed by atoms with Gasteiger partial charge in [-0.1, -0.05) is 18.2 Å². The first kappa shape index (κ1) is 10.6. The number of hydrogen-bond donors (Lipinski definition) is 2. The third kappa shape index (κ3) is 2.20. The molecule has 16 heavy (non-hydrogen) atoms. The summed E-state index contributed by atoms with van der Waals surface area (Å²) in [6.45, 7) is 0. The van der Waals surface area contributed by atoms with Gasteiger partial charge in [-0.3, -0.25) is 4.98 Å². The molecule has 1 heterocycles. The van der Waals surface area contributed by atoms with Gasteiger partial charge >= 0.3 is 0 Å². The van der Waals surface area contributed by atoms with Crippen molar-refractivity contribution in [2.75, 3.05) is 12.8 Å². The minimum Gasteiger partial charge on any atom is -0.399 e. The lowest BCUT2D eigenvalue weighted by molar-refractivity contribution is 0.671. The van der Waals surface area contributed by atoms with E-state index < -0.39 is 0 Å². The van der Waals surface area contributed by atoms with Crippen molar-refractivity contribution in [3.8, 4) is 0 Å². The van der Waals surface area contributed by atoms with Crippen molar-refractivity contribution in [1.29, 1.82) is 0 Å². The molecule has 1 atom stereocenters. The van der Waals surface area contributed by atoms with E-state index in [1.54, 1.807) is 6.20 Å². The van der Waals surface area contributed by atoms with Crippen LogP contribution in [0.3, 0.4) is 0 Å². The first-order valence-electron chi connectivity index (χ1n) is 5.25. The molecule has 2 rings (SSSR count). The second kappa shape index (κ2) is 4.77. The van der Waals surface area contributed by atoms with Gasteiger partial charge in [0.2, 0.25) is 0 Å². The van der Waals surface area contributed by atoms with Gasteiger partial charge in [-0.05, 0) is 36.9 Å². The third-order valence-electron chi connectivity index (χ3n) is 2.52. The molecule has 0 aliphatic carbocycles. The van der Waals surface area contributed by atoms with Crippen molar-refractivity contribution in [3.63, 3.8) is 0 Å². The number of nitrogens with two attached hydrogens (primary N) is 1. The number of benzene rings is 1. The highest BCUT2D eigenvalue weighted by Gasteiger charge is 2.12. The summed E-state index contributed by atoms with van der Waals surface area (Å²) in [5.41, 5.74) is 8.67. The van der Waals surface area contributed by atoms with Crippen LogP contribution < -0.4 is 11.1 Å². The molecule has 0 fully saturated rings. The number of aromatic nitrogens is 1. The Hall–Kier alpha value is -1.87. The number of pyridine rings is 1. The Bertz CT molecular complexity index is 454. The predicted molar refractivity (Wildman–Crippen MR) is 66.0 cm³/mol. The summed E-state index contributed by atoms with van der Waals surface area (Å²) in [7, 11) is 1.92. The highest BCUT2D eigenvalue weighted by Crippen LogP contribution is 2.21. The second-order valence-corrected chi connectivity index (χ2v) is 3.65. The fraction of sp³-hybridized carbons (Fsp3) is 0.154. The molecule has 0 aliphatic heterocycles. The summed E-state index contributed by atoms with van der Waals surface area (Å²) >= 11 is 0. The van der Waals surface area contributed by atoms with Gasteiger partial charge in [-0.2, -0.15) is 0 Å². The van der Waals surface area contributed by atoms with E-state index in [9.17, 15) is 0 Å². The van der Waals surface area contributed by atoms with E-state index in [1.165, 1.54) is 0 Å². The maximum atomic E-state index is 5.78. The molecule has 1 aromatic carbocycles. The maximum Gasteiger partial charge on any atom is 0.0749 e. The highest BCUT2D eigenvalue weighted by molar-refractivity contribution is 5.43. The average Bonchev–Trinajstić information content (AvgIpc) is 2.31. The lowest BCUT2D eigenvalue weighted by Crippen LogP contribution is -2.18. The van der Waals surface area contributed by atoms with E-state index >= 15 is 0 Å². The molecule has 3 N–H and O–H groups in total. The van der Waals surface area contributed by atoms with E-state index in [4.69, 9.17) is 5.73 Å². The zero-order valence-corrected chi connectivity index (χ0v) is 9.22. The second-order valence-electron chi connectivity index (χ2n) is 3.65. The maximum absolute atomic E-state index is 5.78. The number of nitrogen functional groups attached to an aromatic ring is 1. The molecule has 1 unspecified atom stereocenters. The Morgan fingerprint density at radius 1 is 1.19 bits per heavy atom. The van der Waals surface area contributed by atoms with Crippen molar-refractivity contribution in [1.82, 2.24) is 10.3 Å². The van der Waals surface area contributed by atoms with E-state index in [2.05, 4.69) is 10.3 Å². The largest absolute Gasteiger partial charge is 0.399 e. The molecular formula is C13H15N3. The van der Waals surface area contributed by atoms with Crippen LogP contribution >= 0.6 is 0 Å². The molecule has 0 bridgehead atoms. The molecule has 3 heteroatoms. The molecule has 0 aliphatic rings. The minimum atomic E-state index is 0.0877. The van der Waals surface area contributed by atoms with E-state index in [1.807, 2.05) is 49.5 Å². The summed E-state index contributed by atoms with van der Waals surface area (Å²) in [4.78, 5) is 4.35. The van der Waals surface area contributed by atoms with Crippen molar-refractivity contribution in [2.24, 2.45) is 0 Å². The smallest absolute Gasteiger partial charge is 0.0749 e. The Morgan fingerprint density at radius 3 is 2.69 bits per heavy atom. The van der Waals surface area contributed by atoms with Crippen molar-refractivity contribution < 1.29 is 0 Å². The quantitative estimate of drug-likeness (QED) is 0.766.